The number of anilines is 1. The van der Waals surface area contributed by atoms with Crippen molar-refractivity contribution in [3.05, 3.63) is 54.1 Å². The van der Waals surface area contributed by atoms with Crippen LogP contribution in [-0.4, -0.2) is 45.4 Å². The number of ether oxygens (including phenoxy) is 3. The molecule has 6 nitrogen and oxygen atoms in total. The monoisotopic (exact) mass is 384 g/mol. The van der Waals surface area contributed by atoms with Gasteiger partial charge in [0.2, 0.25) is 0 Å². The fraction of sp³-hybridized carbons (Fsp3) is 0.409. The molecule has 1 fully saturated rings. The molecule has 0 aromatic heterocycles. The molecular weight excluding hydrogens is 356 g/mol. The van der Waals surface area contributed by atoms with Gasteiger partial charge in [0.25, 0.3) is 5.91 Å². The maximum Gasteiger partial charge on any atom is 0.261 e. The Morgan fingerprint density at radius 2 is 1.71 bits per heavy atom. The Bertz CT molecular complexity index is 740. The Kier molecular flexibility index (Phi) is 7.14. The predicted molar refractivity (Wildman–Crippen MR) is 109 cm³/mol. The molecule has 1 N–H and O–H groups in total. The van der Waals surface area contributed by atoms with Crippen molar-refractivity contribution in [3.8, 4) is 11.5 Å². The lowest BCUT2D eigenvalue weighted by atomic mass is 10.1. The summed E-state index contributed by atoms with van der Waals surface area (Å²) in [6, 6.07) is 15.5. The van der Waals surface area contributed by atoms with Crippen molar-refractivity contribution < 1.29 is 19.0 Å². The van der Waals surface area contributed by atoms with E-state index < -0.39 is 6.10 Å². The Hall–Kier alpha value is -2.73. The first kappa shape index (κ1) is 20.0. The molecule has 0 aliphatic carbocycles. The highest BCUT2D eigenvalue weighted by atomic mass is 16.5. The zero-order valence-electron chi connectivity index (χ0n) is 16.5. The molecular formula is C22H28N2O4. The molecule has 28 heavy (non-hydrogen) atoms. The van der Waals surface area contributed by atoms with Gasteiger partial charge in [-0.25, -0.2) is 0 Å². The summed E-state index contributed by atoms with van der Waals surface area (Å²) in [5, 5.41) is 2.97. The lowest BCUT2D eigenvalue weighted by molar-refractivity contribution is -0.128. The molecule has 150 valence electrons. The van der Waals surface area contributed by atoms with E-state index in [1.807, 2.05) is 19.1 Å². The Balaban J connectivity index is 1.51. The minimum absolute atomic E-state index is 0.115. The number of amides is 1. The van der Waals surface area contributed by atoms with Crippen molar-refractivity contribution >= 4 is 11.6 Å². The van der Waals surface area contributed by atoms with Crippen LogP contribution in [0, 0.1) is 0 Å². The molecule has 2 aromatic carbocycles. The Morgan fingerprint density at radius 1 is 1.07 bits per heavy atom. The minimum Gasteiger partial charge on any atom is -0.497 e. The number of benzene rings is 2. The summed E-state index contributed by atoms with van der Waals surface area (Å²) in [4.78, 5) is 14.8. The molecule has 1 atom stereocenters. The second-order valence-electron chi connectivity index (χ2n) is 6.67. The van der Waals surface area contributed by atoms with Crippen LogP contribution < -0.4 is 19.7 Å². The van der Waals surface area contributed by atoms with Crippen molar-refractivity contribution in [1.82, 2.24) is 5.32 Å². The number of carbonyl (C=O) groups is 1. The fourth-order valence-corrected chi connectivity index (χ4v) is 3.09. The van der Waals surface area contributed by atoms with Crippen LogP contribution >= 0.6 is 0 Å². The summed E-state index contributed by atoms with van der Waals surface area (Å²) >= 11 is 0. The molecule has 3 rings (SSSR count). The number of morpholine rings is 1. The van der Waals surface area contributed by atoms with Crippen LogP contribution in [0.3, 0.4) is 0 Å². The SMILES string of the molecule is CCC(Oc1ccc(OC)cc1)C(=O)NCc1ccc(N2CCOCC2)cc1. The van der Waals surface area contributed by atoms with Gasteiger partial charge in [-0.2, -0.15) is 0 Å². The first-order valence-electron chi connectivity index (χ1n) is 9.69. The summed E-state index contributed by atoms with van der Waals surface area (Å²) in [6.45, 7) is 5.78. The quantitative estimate of drug-likeness (QED) is 0.758. The number of nitrogens with zero attached hydrogens (tertiary/aromatic N) is 1. The molecule has 1 amide bonds. The third-order valence-corrected chi connectivity index (χ3v) is 4.78. The van der Waals surface area contributed by atoms with Gasteiger partial charge >= 0.3 is 0 Å². The molecule has 1 saturated heterocycles. The Labute approximate surface area is 166 Å². The fourth-order valence-electron chi connectivity index (χ4n) is 3.09. The first-order chi connectivity index (χ1) is 13.7. The van der Waals surface area contributed by atoms with Crippen LogP contribution in [0.1, 0.15) is 18.9 Å². The molecule has 1 aliphatic heterocycles. The molecule has 2 aromatic rings. The highest BCUT2D eigenvalue weighted by Crippen LogP contribution is 2.19. The summed E-state index contributed by atoms with van der Waals surface area (Å²) < 4.78 is 16.4. The number of hydrogen-bond acceptors (Lipinski definition) is 5. The van der Waals surface area contributed by atoms with Gasteiger partial charge in [-0.1, -0.05) is 19.1 Å². The second-order valence-corrected chi connectivity index (χ2v) is 6.67. The first-order valence-corrected chi connectivity index (χ1v) is 9.69. The standard InChI is InChI=1S/C22H28N2O4/c1-3-21(28-20-10-8-19(26-2)9-11-20)22(25)23-16-17-4-6-18(7-5-17)24-12-14-27-15-13-24/h4-11,21H,3,12-16H2,1-2H3,(H,23,25). The van der Waals surface area contributed by atoms with E-state index in [1.54, 1.807) is 19.2 Å². The van der Waals surface area contributed by atoms with E-state index in [4.69, 9.17) is 14.2 Å². The third-order valence-electron chi connectivity index (χ3n) is 4.78. The molecule has 1 heterocycles. The van der Waals surface area contributed by atoms with Gasteiger partial charge in [-0.05, 0) is 48.4 Å². The molecule has 0 radical (unpaired) electrons. The molecule has 0 spiro atoms. The predicted octanol–water partition coefficient (Wildman–Crippen LogP) is 3.01. The lowest BCUT2D eigenvalue weighted by Crippen LogP contribution is -2.37. The summed E-state index contributed by atoms with van der Waals surface area (Å²) in [5.74, 6) is 1.29. The van der Waals surface area contributed by atoms with Crippen molar-refractivity contribution in [2.75, 3.05) is 38.3 Å². The van der Waals surface area contributed by atoms with E-state index in [2.05, 4.69) is 34.5 Å². The normalized spacial score (nSPS) is 15.0. The zero-order valence-corrected chi connectivity index (χ0v) is 16.5. The van der Waals surface area contributed by atoms with Crippen LogP contribution in [0.25, 0.3) is 0 Å². The third kappa shape index (κ3) is 5.39. The largest absolute Gasteiger partial charge is 0.497 e. The number of nitrogens with one attached hydrogen (secondary N) is 1. The highest BCUT2D eigenvalue weighted by molar-refractivity contribution is 5.81. The van der Waals surface area contributed by atoms with E-state index in [0.29, 0.717) is 18.7 Å². The van der Waals surface area contributed by atoms with E-state index in [0.717, 1.165) is 37.6 Å². The van der Waals surface area contributed by atoms with E-state index in [-0.39, 0.29) is 5.91 Å². The smallest absolute Gasteiger partial charge is 0.261 e. The zero-order chi connectivity index (χ0) is 19.8. The molecule has 0 saturated carbocycles. The van der Waals surface area contributed by atoms with E-state index in [1.165, 1.54) is 5.69 Å². The van der Waals surface area contributed by atoms with Crippen molar-refractivity contribution in [1.29, 1.82) is 0 Å². The Morgan fingerprint density at radius 3 is 2.32 bits per heavy atom. The molecule has 0 bridgehead atoms. The molecule has 1 unspecified atom stereocenters. The topological polar surface area (TPSA) is 60.0 Å². The van der Waals surface area contributed by atoms with Crippen LogP contribution in [-0.2, 0) is 16.1 Å². The van der Waals surface area contributed by atoms with Crippen LogP contribution in [0.5, 0.6) is 11.5 Å². The van der Waals surface area contributed by atoms with E-state index >= 15 is 0 Å². The molecule has 6 heteroatoms. The van der Waals surface area contributed by atoms with Gasteiger partial charge in [0, 0.05) is 25.3 Å². The van der Waals surface area contributed by atoms with Crippen molar-refractivity contribution in [2.45, 2.75) is 26.0 Å². The van der Waals surface area contributed by atoms with Crippen molar-refractivity contribution in [2.24, 2.45) is 0 Å². The highest BCUT2D eigenvalue weighted by Gasteiger charge is 2.18. The minimum atomic E-state index is -0.527. The van der Waals surface area contributed by atoms with E-state index in [9.17, 15) is 4.79 Å². The number of hydrogen-bond donors (Lipinski definition) is 1. The van der Waals surface area contributed by atoms with Gasteiger partial charge < -0.3 is 24.4 Å². The number of methoxy groups -OCH3 is 1. The summed E-state index contributed by atoms with van der Waals surface area (Å²) in [5.41, 5.74) is 2.25. The number of rotatable bonds is 8. The second kappa shape index (κ2) is 9.99. The average molecular weight is 384 g/mol. The maximum absolute atomic E-state index is 12.5. The maximum atomic E-state index is 12.5. The lowest BCUT2D eigenvalue weighted by Gasteiger charge is -2.29. The van der Waals surface area contributed by atoms with Gasteiger partial charge in [0.1, 0.15) is 11.5 Å². The number of carbonyl (C=O) groups excluding carboxylic acids is 1. The van der Waals surface area contributed by atoms with Gasteiger partial charge in [-0.3, -0.25) is 4.79 Å². The van der Waals surface area contributed by atoms with Crippen LogP contribution in [0.2, 0.25) is 0 Å². The summed E-state index contributed by atoms with van der Waals surface area (Å²) in [7, 11) is 1.62. The van der Waals surface area contributed by atoms with Gasteiger partial charge in [0.05, 0.1) is 20.3 Å². The molecule has 1 aliphatic rings. The van der Waals surface area contributed by atoms with Gasteiger partial charge in [0.15, 0.2) is 6.10 Å². The van der Waals surface area contributed by atoms with Gasteiger partial charge in [-0.15, -0.1) is 0 Å². The summed E-state index contributed by atoms with van der Waals surface area (Å²) in [6.07, 6.45) is 0.0643. The van der Waals surface area contributed by atoms with Crippen molar-refractivity contribution in [3.63, 3.8) is 0 Å². The average Bonchev–Trinajstić information content (AvgIpc) is 2.77. The van der Waals surface area contributed by atoms with Crippen LogP contribution in [0.15, 0.2) is 48.5 Å². The van der Waals surface area contributed by atoms with Crippen LogP contribution in [0.4, 0.5) is 5.69 Å².